The molecule has 68 valence electrons. The summed E-state index contributed by atoms with van der Waals surface area (Å²) in [6, 6.07) is 0. The summed E-state index contributed by atoms with van der Waals surface area (Å²) in [4.78, 5) is 2.43. The van der Waals surface area contributed by atoms with Crippen LogP contribution in [0.2, 0.25) is 0 Å². The maximum absolute atomic E-state index is 5.55. The zero-order valence-electron chi connectivity index (χ0n) is 7.48. The summed E-state index contributed by atoms with van der Waals surface area (Å²) in [5.74, 6) is 3.08. The Labute approximate surface area is 79.5 Å². The highest BCUT2D eigenvalue weighted by molar-refractivity contribution is 7.99. The first kappa shape index (κ1) is 11.6. The van der Waals surface area contributed by atoms with Gasteiger partial charge in [-0.2, -0.15) is 11.8 Å². The predicted molar refractivity (Wildman–Crippen MR) is 55.8 cm³/mol. The summed E-state index contributed by atoms with van der Waals surface area (Å²) in [5.41, 5.74) is 0. The Morgan fingerprint density at radius 3 is 2.27 bits per heavy atom. The molecule has 0 aliphatic heterocycles. The Balaban J connectivity index is 3.07. The van der Waals surface area contributed by atoms with Crippen LogP contribution in [0, 0.1) is 0 Å². The van der Waals surface area contributed by atoms with Crippen molar-refractivity contribution in [2.45, 2.75) is 13.8 Å². The summed E-state index contributed by atoms with van der Waals surface area (Å²) in [7, 11) is 0. The second kappa shape index (κ2) is 8.69. The first-order chi connectivity index (χ1) is 5.35. The molecule has 11 heavy (non-hydrogen) atoms. The SMILES string of the molecule is CCN(CC)CCSCCCl. The molecule has 0 heterocycles. The molecular weight excluding hydrogens is 178 g/mol. The van der Waals surface area contributed by atoms with Crippen LogP contribution in [-0.2, 0) is 0 Å². The Hall–Kier alpha value is 0.600. The average molecular weight is 196 g/mol. The third-order valence-electron chi connectivity index (χ3n) is 1.67. The monoisotopic (exact) mass is 195 g/mol. The summed E-state index contributed by atoms with van der Waals surface area (Å²) in [6.45, 7) is 7.94. The number of alkyl halides is 1. The normalized spacial score (nSPS) is 10.9. The van der Waals surface area contributed by atoms with E-state index in [-0.39, 0.29) is 0 Å². The largest absolute Gasteiger partial charge is 0.303 e. The van der Waals surface area contributed by atoms with Gasteiger partial charge in [-0.25, -0.2) is 0 Å². The minimum absolute atomic E-state index is 0.781. The van der Waals surface area contributed by atoms with E-state index in [4.69, 9.17) is 11.6 Å². The predicted octanol–water partition coefficient (Wildman–Crippen LogP) is 2.30. The molecule has 3 heteroatoms. The lowest BCUT2D eigenvalue weighted by molar-refractivity contribution is 0.324. The van der Waals surface area contributed by atoms with Gasteiger partial charge >= 0.3 is 0 Å². The highest BCUT2D eigenvalue weighted by Crippen LogP contribution is 2.01. The van der Waals surface area contributed by atoms with Gasteiger partial charge in [0.15, 0.2) is 0 Å². The molecule has 0 saturated carbocycles. The van der Waals surface area contributed by atoms with E-state index in [1.165, 1.54) is 12.3 Å². The number of halogens is 1. The lowest BCUT2D eigenvalue weighted by Crippen LogP contribution is -2.25. The van der Waals surface area contributed by atoms with Crippen LogP contribution in [0.25, 0.3) is 0 Å². The van der Waals surface area contributed by atoms with E-state index in [0.29, 0.717) is 0 Å². The van der Waals surface area contributed by atoms with E-state index >= 15 is 0 Å². The molecule has 0 saturated heterocycles. The molecule has 0 rings (SSSR count). The zero-order valence-corrected chi connectivity index (χ0v) is 9.05. The van der Waals surface area contributed by atoms with Gasteiger partial charge in [-0.1, -0.05) is 13.8 Å². The van der Waals surface area contributed by atoms with Crippen LogP contribution in [0.3, 0.4) is 0 Å². The highest BCUT2D eigenvalue weighted by Gasteiger charge is 1.96. The Kier molecular flexibility index (Phi) is 9.17. The Morgan fingerprint density at radius 1 is 1.18 bits per heavy atom. The van der Waals surface area contributed by atoms with Crippen LogP contribution in [0.5, 0.6) is 0 Å². The molecule has 0 unspecified atom stereocenters. The van der Waals surface area contributed by atoms with Crippen molar-refractivity contribution in [3.8, 4) is 0 Å². The van der Waals surface area contributed by atoms with Crippen molar-refractivity contribution >= 4 is 23.4 Å². The lowest BCUT2D eigenvalue weighted by atomic mass is 10.5. The fraction of sp³-hybridized carbons (Fsp3) is 1.00. The standard InChI is InChI=1S/C8H18ClNS/c1-3-10(4-2)6-8-11-7-5-9/h3-8H2,1-2H3. The van der Waals surface area contributed by atoms with Gasteiger partial charge in [0, 0.05) is 23.9 Å². The fourth-order valence-electron chi connectivity index (χ4n) is 0.890. The van der Waals surface area contributed by atoms with E-state index in [2.05, 4.69) is 18.7 Å². The van der Waals surface area contributed by atoms with Crippen molar-refractivity contribution in [3.05, 3.63) is 0 Å². The average Bonchev–Trinajstić information content (AvgIpc) is 2.05. The lowest BCUT2D eigenvalue weighted by Gasteiger charge is -2.16. The first-order valence-corrected chi connectivity index (χ1v) is 5.90. The van der Waals surface area contributed by atoms with Crippen LogP contribution in [0.4, 0.5) is 0 Å². The van der Waals surface area contributed by atoms with E-state index in [1.54, 1.807) is 0 Å². The molecule has 0 aromatic rings. The van der Waals surface area contributed by atoms with Crippen LogP contribution in [-0.4, -0.2) is 41.9 Å². The zero-order chi connectivity index (χ0) is 8.53. The van der Waals surface area contributed by atoms with E-state index < -0.39 is 0 Å². The van der Waals surface area contributed by atoms with Crippen molar-refractivity contribution < 1.29 is 0 Å². The second-order valence-electron chi connectivity index (χ2n) is 2.33. The van der Waals surface area contributed by atoms with Gasteiger partial charge in [-0.05, 0) is 13.1 Å². The minimum atomic E-state index is 0.781. The maximum Gasteiger partial charge on any atom is 0.0314 e. The van der Waals surface area contributed by atoms with E-state index in [1.807, 2.05) is 11.8 Å². The molecule has 0 amide bonds. The number of rotatable bonds is 7. The number of thioether (sulfide) groups is 1. The minimum Gasteiger partial charge on any atom is -0.303 e. The topological polar surface area (TPSA) is 3.24 Å². The first-order valence-electron chi connectivity index (χ1n) is 4.21. The van der Waals surface area contributed by atoms with E-state index in [9.17, 15) is 0 Å². The van der Waals surface area contributed by atoms with Gasteiger partial charge in [-0.15, -0.1) is 11.6 Å². The molecule has 0 aliphatic rings. The number of nitrogens with zero attached hydrogens (tertiary/aromatic N) is 1. The third-order valence-corrected chi connectivity index (χ3v) is 3.04. The maximum atomic E-state index is 5.55. The number of hydrogen-bond acceptors (Lipinski definition) is 2. The molecule has 0 spiro atoms. The van der Waals surface area contributed by atoms with Crippen LogP contribution < -0.4 is 0 Å². The quantitative estimate of drug-likeness (QED) is 0.453. The van der Waals surface area contributed by atoms with Gasteiger partial charge in [0.1, 0.15) is 0 Å². The van der Waals surface area contributed by atoms with Crippen molar-refractivity contribution in [2.75, 3.05) is 37.0 Å². The van der Waals surface area contributed by atoms with Crippen LogP contribution in [0.1, 0.15) is 13.8 Å². The second-order valence-corrected chi connectivity index (χ2v) is 3.93. The smallest absolute Gasteiger partial charge is 0.0314 e. The Morgan fingerprint density at radius 2 is 1.82 bits per heavy atom. The molecule has 0 fully saturated rings. The molecular formula is C8H18ClNS. The molecule has 0 radical (unpaired) electrons. The summed E-state index contributed by atoms with van der Waals surface area (Å²) >= 11 is 7.49. The van der Waals surface area contributed by atoms with Gasteiger partial charge in [-0.3, -0.25) is 0 Å². The Bertz CT molecular complexity index is 76.5. The van der Waals surface area contributed by atoms with Crippen molar-refractivity contribution in [1.29, 1.82) is 0 Å². The van der Waals surface area contributed by atoms with E-state index in [0.717, 1.165) is 24.7 Å². The molecule has 1 nitrogen and oxygen atoms in total. The third kappa shape index (κ3) is 6.98. The van der Waals surface area contributed by atoms with Crippen LogP contribution >= 0.6 is 23.4 Å². The highest BCUT2D eigenvalue weighted by atomic mass is 35.5. The van der Waals surface area contributed by atoms with Crippen molar-refractivity contribution in [3.63, 3.8) is 0 Å². The van der Waals surface area contributed by atoms with Crippen LogP contribution in [0.15, 0.2) is 0 Å². The molecule has 0 atom stereocenters. The molecule has 0 aromatic carbocycles. The summed E-state index contributed by atoms with van der Waals surface area (Å²) < 4.78 is 0. The summed E-state index contributed by atoms with van der Waals surface area (Å²) in [6.07, 6.45) is 0. The van der Waals surface area contributed by atoms with Gasteiger partial charge in [0.05, 0.1) is 0 Å². The number of hydrogen-bond donors (Lipinski definition) is 0. The van der Waals surface area contributed by atoms with Gasteiger partial charge in [0.2, 0.25) is 0 Å². The fourth-order valence-corrected chi connectivity index (χ4v) is 1.92. The molecule has 0 N–H and O–H groups in total. The van der Waals surface area contributed by atoms with Crippen molar-refractivity contribution in [2.24, 2.45) is 0 Å². The summed E-state index contributed by atoms with van der Waals surface area (Å²) in [5, 5.41) is 0. The molecule has 0 aliphatic carbocycles. The van der Waals surface area contributed by atoms with Crippen molar-refractivity contribution in [1.82, 2.24) is 4.90 Å². The van der Waals surface area contributed by atoms with Gasteiger partial charge in [0.25, 0.3) is 0 Å². The van der Waals surface area contributed by atoms with Gasteiger partial charge < -0.3 is 4.90 Å². The molecule has 0 bridgehead atoms. The molecule has 0 aromatic heterocycles.